The summed E-state index contributed by atoms with van der Waals surface area (Å²) in [6, 6.07) is 18.3. The largest absolute Gasteiger partial charge is 0.466 e. The molecule has 9 nitrogen and oxygen atoms in total. The molecule has 0 saturated heterocycles. The van der Waals surface area contributed by atoms with Gasteiger partial charge in [-0.2, -0.15) is 10.5 Å². The van der Waals surface area contributed by atoms with Crippen molar-refractivity contribution >= 4 is 18.2 Å². The Morgan fingerprint density at radius 3 is 2.00 bits per heavy atom. The van der Waals surface area contributed by atoms with Crippen LogP contribution in [0.4, 0.5) is 0 Å². The van der Waals surface area contributed by atoms with E-state index in [-0.39, 0.29) is 6.54 Å². The second-order valence-corrected chi connectivity index (χ2v) is 6.64. The van der Waals surface area contributed by atoms with E-state index in [1.165, 1.54) is 6.21 Å². The van der Waals surface area contributed by atoms with Crippen LogP contribution in [-0.4, -0.2) is 38.9 Å². The molecule has 0 saturated carbocycles. The second kappa shape index (κ2) is 12.4. The van der Waals surface area contributed by atoms with Gasteiger partial charge in [-0.15, -0.1) is 0 Å². The van der Waals surface area contributed by atoms with Crippen LogP contribution in [-0.2, 0) is 23.9 Å². The molecule has 0 fully saturated rings. The Morgan fingerprint density at radius 2 is 1.55 bits per heavy atom. The third-order valence-corrected chi connectivity index (χ3v) is 4.77. The van der Waals surface area contributed by atoms with E-state index in [9.17, 15) is 20.1 Å². The van der Waals surface area contributed by atoms with E-state index in [1.54, 1.807) is 48.5 Å². The summed E-state index contributed by atoms with van der Waals surface area (Å²) in [6.45, 7) is 0.0747. The van der Waals surface area contributed by atoms with Gasteiger partial charge in [0, 0.05) is 24.6 Å². The van der Waals surface area contributed by atoms with E-state index >= 15 is 0 Å². The lowest BCUT2D eigenvalue weighted by atomic mass is 9.78. The first-order valence-electron chi connectivity index (χ1n) is 9.77. The van der Waals surface area contributed by atoms with Gasteiger partial charge < -0.3 is 20.0 Å². The van der Waals surface area contributed by atoms with Gasteiger partial charge in [0.1, 0.15) is 0 Å². The van der Waals surface area contributed by atoms with E-state index in [4.69, 9.17) is 10.6 Å². The molecule has 2 N–H and O–H groups in total. The van der Waals surface area contributed by atoms with Crippen molar-refractivity contribution < 1.29 is 23.9 Å². The topological polar surface area (TPSA) is 148 Å². The van der Waals surface area contributed by atoms with Gasteiger partial charge in [-0.3, -0.25) is 0 Å². The lowest BCUT2D eigenvalue weighted by Crippen LogP contribution is -2.26. The number of carbonyl (C=O) groups is 2. The van der Waals surface area contributed by atoms with Crippen molar-refractivity contribution in [2.45, 2.75) is 5.92 Å². The number of nitrogens with two attached hydrogens (primary N) is 1. The van der Waals surface area contributed by atoms with Crippen LogP contribution < -0.4 is 5.73 Å². The summed E-state index contributed by atoms with van der Waals surface area (Å²) in [5.41, 5.74) is 8.19. The molecular weight excluding hydrogens is 424 g/mol. The smallest absolute Gasteiger partial charge is 0.377 e. The number of hydrogen-bond donors (Lipinski definition) is 1. The minimum Gasteiger partial charge on any atom is -0.466 e. The number of esters is 2. The van der Waals surface area contributed by atoms with Crippen molar-refractivity contribution in [1.29, 1.82) is 10.5 Å². The van der Waals surface area contributed by atoms with Crippen molar-refractivity contribution in [3.05, 3.63) is 82.6 Å². The fraction of sp³-hybridized carbons (Fsp3) is 0.208. The van der Waals surface area contributed by atoms with Gasteiger partial charge in [-0.1, -0.05) is 41.6 Å². The molecule has 0 aliphatic heterocycles. The van der Waals surface area contributed by atoms with E-state index in [0.717, 1.165) is 20.3 Å². The van der Waals surface area contributed by atoms with Crippen molar-refractivity contribution in [3.63, 3.8) is 0 Å². The Labute approximate surface area is 191 Å². The number of oxime groups is 1. The van der Waals surface area contributed by atoms with Gasteiger partial charge in [0.25, 0.3) is 0 Å². The van der Waals surface area contributed by atoms with E-state index in [2.05, 4.69) is 26.8 Å². The van der Waals surface area contributed by atoms with E-state index < -0.39 is 29.5 Å². The molecular formula is C24H22N4O5. The molecule has 33 heavy (non-hydrogen) atoms. The molecule has 0 amide bonds. The van der Waals surface area contributed by atoms with Crippen molar-refractivity contribution in [1.82, 2.24) is 0 Å². The Kier molecular flexibility index (Phi) is 9.32. The van der Waals surface area contributed by atoms with Crippen LogP contribution in [0, 0.1) is 28.6 Å². The molecule has 0 unspecified atom stereocenters. The Hall–Kier alpha value is -4.47. The lowest BCUT2D eigenvalue weighted by Gasteiger charge is -2.25. The minimum absolute atomic E-state index is 0.0747. The Morgan fingerprint density at radius 1 is 1.00 bits per heavy atom. The van der Waals surface area contributed by atoms with Gasteiger partial charge in [-0.05, 0) is 23.3 Å². The second-order valence-electron chi connectivity index (χ2n) is 6.64. The average molecular weight is 446 g/mol. The quantitative estimate of drug-likeness (QED) is 0.203. The summed E-state index contributed by atoms with van der Waals surface area (Å²) in [6.07, 6.45) is 2.16. The molecule has 0 aliphatic rings. The standard InChI is InChI=1S/C24H22N4O5/c1-31-22(29)11-21(24(30)32-2)33-28-15-18(14-27)23(19-9-5-3-7-16(19)12-25)20-10-6-4-8-17(20)13-26/h3-11,15,18,23H,14,27H2,1-2H3/b21-11?,28-15-/t18-/m0/s1. The molecule has 0 aromatic heterocycles. The molecule has 0 radical (unpaired) electrons. The predicted molar refractivity (Wildman–Crippen MR) is 118 cm³/mol. The van der Waals surface area contributed by atoms with Crippen LogP contribution >= 0.6 is 0 Å². The van der Waals surface area contributed by atoms with Crippen LogP contribution in [0.5, 0.6) is 0 Å². The highest BCUT2D eigenvalue weighted by Gasteiger charge is 2.27. The van der Waals surface area contributed by atoms with E-state index in [1.807, 2.05) is 0 Å². The van der Waals surface area contributed by atoms with Crippen LogP contribution in [0.1, 0.15) is 28.2 Å². The highest BCUT2D eigenvalue weighted by Crippen LogP contribution is 2.35. The monoisotopic (exact) mass is 446 g/mol. The van der Waals surface area contributed by atoms with Crippen LogP contribution in [0.2, 0.25) is 0 Å². The van der Waals surface area contributed by atoms with Crippen LogP contribution in [0.3, 0.4) is 0 Å². The van der Waals surface area contributed by atoms with Crippen molar-refractivity contribution in [2.75, 3.05) is 20.8 Å². The fourth-order valence-corrected chi connectivity index (χ4v) is 3.21. The number of nitriles is 2. The summed E-state index contributed by atoms with van der Waals surface area (Å²) >= 11 is 0. The van der Waals surface area contributed by atoms with E-state index in [0.29, 0.717) is 22.3 Å². The number of hydrogen-bond acceptors (Lipinski definition) is 9. The summed E-state index contributed by atoms with van der Waals surface area (Å²) < 4.78 is 9.07. The number of carbonyl (C=O) groups excluding carboxylic acids is 2. The van der Waals surface area contributed by atoms with Gasteiger partial charge >= 0.3 is 11.9 Å². The number of nitrogens with zero attached hydrogens (tertiary/aromatic N) is 3. The maximum atomic E-state index is 11.9. The summed E-state index contributed by atoms with van der Waals surface area (Å²) in [4.78, 5) is 28.5. The zero-order valence-corrected chi connectivity index (χ0v) is 18.1. The Balaban J connectivity index is 2.52. The maximum Gasteiger partial charge on any atom is 0.377 e. The van der Waals surface area contributed by atoms with Crippen molar-refractivity contribution in [3.8, 4) is 12.1 Å². The zero-order valence-electron chi connectivity index (χ0n) is 18.1. The third-order valence-electron chi connectivity index (χ3n) is 4.77. The number of benzene rings is 2. The first-order chi connectivity index (χ1) is 16.0. The molecule has 2 rings (SSSR count). The highest BCUT2D eigenvalue weighted by atomic mass is 16.7. The third kappa shape index (κ3) is 6.26. The fourth-order valence-electron chi connectivity index (χ4n) is 3.21. The molecule has 168 valence electrons. The summed E-state index contributed by atoms with van der Waals surface area (Å²) in [5.74, 6) is -3.29. The molecule has 2 aromatic carbocycles. The lowest BCUT2D eigenvalue weighted by molar-refractivity contribution is -0.142. The zero-order chi connectivity index (χ0) is 24.2. The minimum atomic E-state index is -0.928. The molecule has 2 aromatic rings. The Bertz CT molecular complexity index is 1090. The molecule has 0 spiro atoms. The van der Waals surface area contributed by atoms with Gasteiger partial charge in [0.2, 0.25) is 5.76 Å². The first-order valence-corrected chi connectivity index (χ1v) is 9.77. The van der Waals surface area contributed by atoms with Crippen LogP contribution in [0.15, 0.2) is 65.5 Å². The molecule has 1 atom stereocenters. The summed E-state index contributed by atoms with van der Waals surface area (Å²) in [7, 11) is 2.27. The number of methoxy groups -OCH3 is 2. The average Bonchev–Trinajstić information content (AvgIpc) is 2.86. The number of ether oxygens (including phenoxy) is 2. The molecule has 9 heteroatoms. The molecule has 0 aliphatic carbocycles. The van der Waals surface area contributed by atoms with Crippen molar-refractivity contribution in [2.24, 2.45) is 16.8 Å². The molecule has 0 heterocycles. The SMILES string of the molecule is COC(=O)C=C(O/N=C\[C@H](CN)C(c1ccccc1C#N)c1ccccc1C#N)C(=O)OC. The predicted octanol–water partition coefficient (Wildman–Crippen LogP) is 2.37. The van der Waals surface area contributed by atoms with Crippen LogP contribution in [0.25, 0.3) is 0 Å². The normalized spacial score (nSPS) is 12.0. The highest BCUT2D eigenvalue weighted by molar-refractivity contribution is 5.94. The number of rotatable bonds is 9. The van der Waals surface area contributed by atoms with Gasteiger partial charge in [0.05, 0.1) is 43.6 Å². The van der Waals surface area contributed by atoms with Gasteiger partial charge in [-0.25, -0.2) is 9.59 Å². The molecule has 0 bridgehead atoms. The summed E-state index contributed by atoms with van der Waals surface area (Å²) in [5, 5.41) is 23.1. The maximum absolute atomic E-state index is 11.9. The van der Waals surface area contributed by atoms with Gasteiger partial charge in [0.15, 0.2) is 0 Å². The first kappa shape index (κ1) is 24.8.